The molecule has 10 nitrogen and oxygen atoms in total. The molecule has 0 aliphatic carbocycles. The maximum Gasteiger partial charge on any atom is 0.417 e. The van der Waals surface area contributed by atoms with Gasteiger partial charge in [0.05, 0.1) is 41.5 Å². The van der Waals surface area contributed by atoms with E-state index < -0.39 is 90.9 Å². The molecule has 294 valence electrons. The van der Waals surface area contributed by atoms with Crippen molar-refractivity contribution in [1.82, 2.24) is 10.6 Å². The number of nitrogens with zero attached hydrogens (tertiary/aromatic N) is 4. The van der Waals surface area contributed by atoms with E-state index in [2.05, 4.69) is 15.4 Å². The van der Waals surface area contributed by atoms with Gasteiger partial charge in [0.2, 0.25) is 0 Å². The van der Waals surface area contributed by atoms with E-state index in [1.165, 1.54) is 12.1 Å². The highest BCUT2D eigenvalue weighted by Crippen LogP contribution is 2.36. The first kappa shape index (κ1) is 45.7. The number of amides is 2. The lowest BCUT2D eigenvalue weighted by Crippen LogP contribution is -2.41. The van der Waals surface area contributed by atoms with Crippen molar-refractivity contribution >= 4 is 23.6 Å². The molecule has 0 bridgehead atoms. The number of alkyl halides is 12. The van der Waals surface area contributed by atoms with Crippen LogP contribution in [-0.4, -0.2) is 76.5 Å². The minimum absolute atomic E-state index is 0.288. The molecule has 0 atom stereocenters. The number of nitriles is 2. The predicted molar refractivity (Wildman–Crippen MR) is 163 cm³/mol. The Morgan fingerprint density at radius 2 is 1.02 bits per heavy atom. The Morgan fingerprint density at radius 3 is 1.30 bits per heavy atom. The van der Waals surface area contributed by atoms with Gasteiger partial charge in [-0.2, -0.15) is 63.2 Å². The molecule has 22 heteroatoms. The smallest absolute Gasteiger partial charge is 0.417 e. The van der Waals surface area contributed by atoms with Crippen molar-refractivity contribution in [2.75, 3.05) is 56.2 Å². The van der Waals surface area contributed by atoms with Crippen molar-refractivity contribution in [3.8, 4) is 12.1 Å². The summed E-state index contributed by atoms with van der Waals surface area (Å²) < 4.78 is 164. The number of carbonyl (C=O) groups is 2. The summed E-state index contributed by atoms with van der Waals surface area (Å²) in [4.78, 5) is 23.7. The summed E-state index contributed by atoms with van der Waals surface area (Å²) in [6.45, 7) is 0.287. The topological polar surface area (TPSA) is 131 Å². The summed E-state index contributed by atoms with van der Waals surface area (Å²) >= 11 is 0. The Bertz CT molecular complexity index is 1620. The number of anilines is 2. The number of methoxy groups -OCH3 is 1. The van der Waals surface area contributed by atoms with Crippen LogP contribution in [0.2, 0.25) is 0 Å². The van der Waals surface area contributed by atoms with Crippen molar-refractivity contribution in [1.29, 1.82) is 10.5 Å². The summed E-state index contributed by atoms with van der Waals surface area (Å²) in [6.07, 6.45) is -20.9. The molecule has 2 amide bonds. The summed E-state index contributed by atoms with van der Waals surface area (Å²) in [6, 6.07) is 7.25. The SMILES string of the molecule is CC(C)(C)OC(=O)NCCN(CC(F)(F)F)c1ccc(C#N)c(C(F)(F)F)c1.COC(=O)NCCN(CC(F)(F)F)c1ccc(C#N)c(C(F)(F)F)c1. The van der Waals surface area contributed by atoms with Crippen molar-refractivity contribution in [2.45, 2.75) is 51.1 Å². The number of hydrogen-bond acceptors (Lipinski definition) is 8. The number of nitrogens with one attached hydrogen (secondary N) is 2. The average Bonchev–Trinajstić information content (AvgIpc) is 3.00. The van der Waals surface area contributed by atoms with Gasteiger partial charge in [0.1, 0.15) is 18.7 Å². The van der Waals surface area contributed by atoms with Crippen LogP contribution in [0, 0.1) is 22.7 Å². The van der Waals surface area contributed by atoms with Crippen molar-refractivity contribution in [2.24, 2.45) is 0 Å². The zero-order valence-corrected chi connectivity index (χ0v) is 28.2. The molecular weight excluding hydrogens is 748 g/mol. The number of alkyl carbamates (subject to hydrolysis) is 2. The first-order valence-electron chi connectivity index (χ1n) is 14.7. The van der Waals surface area contributed by atoms with Crippen LogP contribution in [0.25, 0.3) is 0 Å². The average molecular weight is 781 g/mol. The van der Waals surface area contributed by atoms with Gasteiger partial charge in [0, 0.05) is 37.6 Å². The molecule has 0 radical (unpaired) electrons. The summed E-state index contributed by atoms with van der Waals surface area (Å²) in [5.41, 5.74) is -5.64. The van der Waals surface area contributed by atoms with E-state index in [0.29, 0.717) is 21.9 Å². The second-order valence-corrected chi connectivity index (χ2v) is 11.6. The molecule has 0 unspecified atom stereocenters. The minimum Gasteiger partial charge on any atom is -0.453 e. The third kappa shape index (κ3) is 17.2. The lowest BCUT2D eigenvalue weighted by molar-refractivity contribution is -0.138. The lowest BCUT2D eigenvalue weighted by Gasteiger charge is -2.27. The molecule has 2 aromatic carbocycles. The molecule has 0 aliphatic heterocycles. The normalized spacial score (nSPS) is 12.0. The second kappa shape index (κ2) is 18.5. The van der Waals surface area contributed by atoms with Gasteiger partial charge in [0.15, 0.2) is 0 Å². The van der Waals surface area contributed by atoms with Crippen LogP contribution in [0.5, 0.6) is 0 Å². The highest BCUT2D eigenvalue weighted by Gasteiger charge is 2.37. The van der Waals surface area contributed by atoms with Crippen LogP contribution in [0.15, 0.2) is 36.4 Å². The highest BCUT2D eigenvalue weighted by atomic mass is 19.4. The van der Waals surface area contributed by atoms with Crippen LogP contribution in [0.1, 0.15) is 43.0 Å². The summed E-state index contributed by atoms with van der Waals surface area (Å²) in [7, 11) is 1.05. The molecule has 0 heterocycles. The number of carbonyl (C=O) groups excluding carboxylic acids is 2. The molecule has 0 saturated heterocycles. The number of benzene rings is 2. The number of hydrogen-bond donors (Lipinski definition) is 2. The zero-order chi connectivity index (χ0) is 41.0. The van der Waals surface area contributed by atoms with E-state index in [0.717, 1.165) is 31.4 Å². The van der Waals surface area contributed by atoms with Crippen LogP contribution in [0.3, 0.4) is 0 Å². The van der Waals surface area contributed by atoms with Crippen molar-refractivity contribution in [3.63, 3.8) is 0 Å². The van der Waals surface area contributed by atoms with Crippen molar-refractivity contribution < 1.29 is 71.7 Å². The number of rotatable bonds is 10. The lowest BCUT2D eigenvalue weighted by atomic mass is 10.1. The van der Waals surface area contributed by atoms with E-state index >= 15 is 0 Å². The Hall–Kier alpha value is -5.28. The molecule has 2 N–H and O–H groups in total. The number of halogens is 12. The van der Waals surface area contributed by atoms with Gasteiger partial charge in [-0.1, -0.05) is 0 Å². The second-order valence-electron chi connectivity index (χ2n) is 11.6. The van der Waals surface area contributed by atoms with Crippen molar-refractivity contribution in [3.05, 3.63) is 58.7 Å². The van der Waals surface area contributed by atoms with Gasteiger partial charge in [-0.25, -0.2) is 9.59 Å². The largest absolute Gasteiger partial charge is 0.453 e. The third-order valence-electron chi connectivity index (χ3n) is 6.21. The van der Waals surface area contributed by atoms with Crippen LogP contribution >= 0.6 is 0 Å². The maximum atomic E-state index is 13.1. The van der Waals surface area contributed by atoms with Crippen LogP contribution in [0.4, 0.5) is 73.6 Å². The Kier molecular flexibility index (Phi) is 15.9. The first-order chi connectivity index (χ1) is 24.1. The van der Waals surface area contributed by atoms with Gasteiger partial charge >= 0.3 is 36.9 Å². The molecular formula is C31H32F12N6O4. The molecule has 2 rings (SSSR count). The standard InChI is InChI=1S/C17H19F6N3O2.C14H13F6N3O2/c1-15(2,3)28-14(27)25-6-7-26(10-16(18,19)20)12-5-4-11(9-24)13(8-12)17(21,22)23;1-25-12(24)22-4-5-23(8-13(15,16)17)10-3-2-9(7-21)11(6-10)14(18,19)20/h4-5,8H,6-7,10H2,1-3H3,(H,25,27);2-3,6H,4-5,8H2,1H3,(H,22,24). The van der Waals surface area contributed by atoms with Crippen LogP contribution < -0.4 is 20.4 Å². The minimum atomic E-state index is -4.90. The fourth-order valence-electron chi connectivity index (χ4n) is 4.13. The Morgan fingerprint density at radius 1 is 0.660 bits per heavy atom. The van der Waals surface area contributed by atoms with E-state index in [1.807, 2.05) is 0 Å². The quantitative estimate of drug-likeness (QED) is 0.234. The molecule has 0 spiro atoms. The van der Waals surface area contributed by atoms with E-state index in [1.54, 1.807) is 20.8 Å². The van der Waals surface area contributed by atoms with Crippen LogP contribution in [-0.2, 0) is 21.8 Å². The molecule has 0 fully saturated rings. The van der Waals surface area contributed by atoms with Gasteiger partial charge < -0.3 is 29.9 Å². The molecule has 2 aromatic rings. The van der Waals surface area contributed by atoms with Gasteiger partial charge in [0.25, 0.3) is 0 Å². The monoisotopic (exact) mass is 780 g/mol. The fraction of sp³-hybridized carbons (Fsp3) is 0.484. The highest BCUT2D eigenvalue weighted by molar-refractivity contribution is 5.68. The van der Waals surface area contributed by atoms with E-state index in [-0.39, 0.29) is 24.5 Å². The summed E-state index contributed by atoms with van der Waals surface area (Å²) in [5, 5.41) is 21.9. The van der Waals surface area contributed by atoms with Gasteiger partial charge in [-0.15, -0.1) is 0 Å². The zero-order valence-electron chi connectivity index (χ0n) is 28.2. The first-order valence-corrected chi connectivity index (χ1v) is 14.7. The van der Waals surface area contributed by atoms with Gasteiger partial charge in [-0.05, 0) is 57.2 Å². The predicted octanol–water partition coefficient (Wildman–Crippen LogP) is 7.77. The van der Waals surface area contributed by atoms with E-state index in [4.69, 9.17) is 15.3 Å². The van der Waals surface area contributed by atoms with E-state index in [9.17, 15) is 62.3 Å². The molecule has 53 heavy (non-hydrogen) atoms. The fourth-order valence-corrected chi connectivity index (χ4v) is 4.13. The Labute approximate surface area is 294 Å². The maximum absolute atomic E-state index is 13.1. The third-order valence-corrected chi connectivity index (χ3v) is 6.21. The number of ether oxygens (including phenoxy) is 2. The van der Waals surface area contributed by atoms with Gasteiger partial charge in [-0.3, -0.25) is 0 Å². The summed E-state index contributed by atoms with van der Waals surface area (Å²) in [5.74, 6) is 0. The Balaban J connectivity index is 0.000000533. The molecule has 0 aromatic heterocycles. The molecule has 0 aliphatic rings. The molecule has 0 saturated carbocycles.